The van der Waals surface area contributed by atoms with Gasteiger partial charge in [0, 0.05) is 26.2 Å². The number of likely N-dealkylation sites (N-methyl/N-ethyl adjacent to an activating group) is 1. The molecule has 0 spiro atoms. The molecule has 20 heavy (non-hydrogen) atoms. The maximum absolute atomic E-state index is 13.5. The van der Waals surface area contributed by atoms with E-state index in [4.69, 9.17) is 0 Å². The van der Waals surface area contributed by atoms with E-state index in [0.29, 0.717) is 19.2 Å². The van der Waals surface area contributed by atoms with Gasteiger partial charge < -0.3 is 4.90 Å². The number of halogens is 2. The molecule has 1 aromatic carbocycles. The van der Waals surface area contributed by atoms with Crippen molar-refractivity contribution in [1.82, 2.24) is 9.80 Å². The molecule has 1 saturated heterocycles. The molecular weight excluding hydrogens is 266 g/mol. The summed E-state index contributed by atoms with van der Waals surface area (Å²) < 4.78 is 26.3. The second-order valence-corrected chi connectivity index (χ2v) is 4.93. The van der Waals surface area contributed by atoms with Gasteiger partial charge in [0.05, 0.1) is 18.7 Å². The minimum atomic E-state index is -0.867. The number of hydrogen-bond acceptors (Lipinski definition) is 3. The van der Waals surface area contributed by atoms with E-state index in [2.05, 4.69) is 0 Å². The van der Waals surface area contributed by atoms with Gasteiger partial charge in [0.25, 0.3) is 0 Å². The molecule has 0 saturated carbocycles. The monoisotopic (exact) mass is 282 g/mol. The zero-order valence-corrected chi connectivity index (χ0v) is 11.2. The molecule has 0 aromatic heterocycles. The normalized spacial score (nSPS) is 17.1. The molecule has 6 heteroatoms. The molecule has 1 fully saturated rings. The van der Waals surface area contributed by atoms with Crippen LogP contribution < -0.4 is 0 Å². The van der Waals surface area contributed by atoms with Crippen LogP contribution >= 0.6 is 0 Å². The predicted octanol–water partition coefficient (Wildman–Crippen LogP) is 1.31. The maximum Gasteiger partial charge on any atom is 0.236 e. The summed E-state index contributed by atoms with van der Waals surface area (Å²) >= 11 is 0. The van der Waals surface area contributed by atoms with E-state index in [9.17, 15) is 18.4 Å². The Labute approximate surface area is 116 Å². The lowest BCUT2D eigenvalue weighted by atomic mass is 10.1. The van der Waals surface area contributed by atoms with E-state index in [-0.39, 0.29) is 24.6 Å². The summed E-state index contributed by atoms with van der Waals surface area (Å²) in [5.41, 5.74) is -0.142. The number of nitrogens with zero attached hydrogens (tertiary/aromatic N) is 2. The molecule has 0 bridgehead atoms. The fraction of sp³-hybridized carbons (Fsp3) is 0.429. The van der Waals surface area contributed by atoms with Crippen molar-refractivity contribution in [3.05, 3.63) is 35.4 Å². The smallest absolute Gasteiger partial charge is 0.236 e. The third-order valence-electron chi connectivity index (χ3n) is 3.35. The van der Waals surface area contributed by atoms with Crippen molar-refractivity contribution in [3.8, 4) is 0 Å². The molecule has 0 unspecified atom stereocenters. The first-order valence-electron chi connectivity index (χ1n) is 6.42. The maximum atomic E-state index is 13.5. The first-order valence-corrected chi connectivity index (χ1v) is 6.42. The highest BCUT2D eigenvalue weighted by Crippen LogP contribution is 2.12. The summed E-state index contributed by atoms with van der Waals surface area (Å²) in [6, 6.07) is 2.88. The van der Waals surface area contributed by atoms with Crippen LogP contribution in [0.1, 0.15) is 16.8 Å². The van der Waals surface area contributed by atoms with Crippen molar-refractivity contribution < 1.29 is 18.4 Å². The number of carbonyl (C=O) groups is 2. The molecule has 2 rings (SSSR count). The summed E-state index contributed by atoms with van der Waals surface area (Å²) in [7, 11) is 1.72. The number of benzene rings is 1. The van der Waals surface area contributed by atoms with Crippen LogP contribution in [0.5, 0.6) is 0 Å². The molecule has 0 atom stereocenters. The Hall–Kier alpha value is -1.82. The number of hydrogen-bond donors (Lipinski definition) is 0. The zero-order valence-electron chi connectivity index (χ0n) is 11.2. The minimum Gasteiger partial charge on any atom is -0.345 e. The van der Waals surface area contributed by atoms with Crippen LogP contribution in [-0.4, -0.2) is 54.7 Å². The SMILES string of the molecule is CN1CCCN(CC(=O)c2ccc(F)cc2F)CC1=O. The van der Waals surface area contributed by atoms with Crippen molar-refractivity contribution in [2.75, 3.05) is 33.2 Å². The number of ketones is 1. The molecule has 1 aliphatic heterocycles. The first kappa shape index (κ1) is 14.6. The van der Waals surface area contributed by atoms with E-state index < -0.39 is 17.4 Å². The second-order valence-electron chi connectivity index (χ2n) is 4.93. The van der Waals surface area contributed by atoms with Crippen LogP contribution in [0.3, 0.4) is 0 Å². The van der Waals surface area contributed by atoms with Gasteiger partial charge in [-0.1, -0.05) is 0 Å². The number of Topliss-reactive ketones (excluding diaryl/α,β-unsaturated/α-hetero) is 1. The highest BCUT2D eigenvalue weighted by molar-refractivity contribution is 5.98. The van der Waals surface area contributed by atoms with E-state index in [1.54, 1.807) is 16.8 Å². The molecule has 1 aromatic rings. The molecule has 0 radical (unpaired) electrons. The largest absolute Gasteiger partial charge is 0.345 e. The molecule has 0 N–H and O–H groups in total. The van der Waals surface area contributed by atoms with Gasteiger partial charge >= 0.3 is 0 Å². The number of carbonyl (C=O) groups excluding carboxylic acids is 2. The van der Waals surface area contributed by atoms with Crippen molar-refractivity contribution in [2.24, 2.45) is 0 Å². The van der Waals surface area contributed by atoms with E-state index in [1.165, 1.54) is 0 Å². The summed E-state index contributed by atoms with van der Waals surface area (Å²) in [5, 5.41) is 0. The number of amides is 1. The zero-order chi connectivity index (χ0) is 14.7. The van der Waals surface area contributed by atoms with E-state index >= 15 is 0 Å². The van der Waals surface area contributed by atoms with Crippen LogP contribution in [0.15, 0.2) is 18.2 Å². The van der Waals surface area contributed by atoms with Crippen LogP contribution in [-0.2, 0) is 4.79 Å². The van der Waals surface area contributed by atoms with Crippen LogP contribution in [0, 0.1) is 11.6 Å². The van der Waals surface area contributed by atoms with Gasteiger partial charge in [0.1, 0.15) is 11.6 Å². The fourth-order valence-corrected chi connectivity index (χ4v) is 2.19. The third-order valence-corrected chi connectivity index (χ3v) is 3.35. The Morgan fingerprint density at radius 1 is 1.30 bits per heavy atom. The molecule has 0 aliphatic carbocycles. The minimum absolute atomic E-state index is 0.0396. The summed E-state index contributed by atoms with van der Waals surface area (Å²) in [6.45, 7) is 1.35. The van der Waals surface area contributed by atoms with Crippen molar-refractivity contribution in [3.63, 3.8) is 0 Å². The average Bonchev–Trinajstić information content (AvgIpc) is 2.51. The Balaban J connectivity index is 2.05. The lowest BCUT2D eigenvalue weighted by molar-refractivity contribution is -0.129. The lowest BCUT2D eigenvalue weighted by Crippen LogP contribution is -2.37. The summed E-state index contributed by atoms with van der Waals surface area (Å²) in [4.78, 5) is 27.0. The van der Waals surface area contributed by atoms with Crippen molar-refractivity contribution in [1.29, 1.82) is 0 Å². The fourth-order valence-electron chi connectivity index (χ4n) is 2.19. The summed E-state index contributed by atoms with van der Waals surface area (Å²) in [6.07, 6.45) is 0.765. The number of rotatable bonds is 3. The molecular formula is C14H16F2N2O2. The average molecular weight is 282 g/mol. The van der Waals surface area contributed by atoms with Crippen molar-refractivity contribution >= 4 is 11.7 Å². The quantitative estimate of drug-likeness (QED) is 0.785. The lowest BCUT2D eigenvalue weighted by Gasteiger charge is -2.18. The van der Waals surface area contributed by atoms with Gasteiger partial charge in [-0.15, -0.1) is 0 Å². The topological polar surface area (TPSA) is 40.6 Å². The molecule has 108 valence electrons. The Kier molecular flexibility index (Phi) is 4.44. The Bertz CT molecular complexity index is 534. The highest BCUT2D eigenvalue weighted by Gasteiger charge is 2.22. The first-order chi connectivity index (χ1) is 9.47. The van der Waals surface area contributed by atoms with E-state index in [1.807, 2.05) is 0 Å². The third kappa shape index (κ3) is 3.39. The van der Waals surface area contributed by atoms with Crippen LogP contribution in [0.25, 0.3) is 0 Å². The van der Waals surface area contributed by atoms with Gasteiger partial charge in [0.15, 0.2) is 5.78 Å². The second kappa shape index (κ2) is 6.09. The Morgan fingerprint density at radius 2 is 2.05 bits per heavy atom. The molecule has 4 nitrogen and oxygen atoms in total. The van der Waals surface area contributed by atoms with Gasteiger partial charge in [-0.2, -0.15) is 0 Å². The molecule has 1 heterocycles. The highest BCUT2D eigenvalue weighted by atomic mass is 19.1. The van der Waals surface area contributed by atoms with Crippen molar-refractivity contribution in [2.45, 2.75) is 6.42 Å². The summed E-state index contributed by atoms with van der Waals surface area (Å²) in [5.74, 6) is -2.09. The Morgan fingerprint density at radius 3 is 2.75 bits per heavy atom. The predicted molar refractivity (Wildman–Crippen MR) is 69.4 cm³/mol. The standard InChI is InChI=1S/C14H16F2N2O2/c1-17-5-2-6-18(9-14(17)20)8-13(19)11-4-3-10(15)7-12(11)16/h3-4,7H,2,5-6,8-9H2,1H3. The van der Waals surface area contributed by atoms with Gasteiger partial charge in [-0.05, 0) is 18.6 Å². The van der Waals surface area contributed by atoms with Gasteiger partial charge in [-0.25, -0.2) is 8.78 Å². The molecule has 1 aliphatic rings. The van der Waals surface area contributed by atoms with Gasteiger partial charge in [-0.3, -0.25) is 14.5 Å². The molecule has 1 amide bonds. The van der Waals surface area contributed by atoms with Crippen LogP contribution in [0.4, 0.5) is 8.78 Å². The van der Waals surface area contributed by atoms with Crippen LogP contribution in [0.2, 0.25) is 0 Å². The van der Waals surface area contributed by atoms with Gasteiger partial charge in [0.2, 0.25) is 5.91 Å². The van der Waals surface area contributed by atoms with E-state index in [0.717, 1.165) is 18.6 Å².